The smallest absolute Gasteiger partial charge is 0.137 e. The van der Waals surface area contributed by atoms with E-state index < -0.39 is 0 Å². The van der Waals surface area contributed by atoms with Crippen LogP contribution in [0.15, 0.2) is 36.7 Å². The predicted octanol–water partition coefficient (Wildman–Crippen LogP) is 2.77. The van der Waals surface area contributed by atoms with Crippen molar-refractivity contribution < 1.29 is 4.79 Å². The summed E-state index contributed by atoms with van der Waals surface area (Å²) in [5.74, 6) is 1.08. The van der Waals surface area contributed by atoms with E-state index in [9.17, 15) is 4.79 Å². The number of rotatable bonds is 4. The Morgan fingerprint density at radius 2 is 2.25 bits per heavy atom. The molecule has 3 heteroatoms. The number of aromatic amines is 1. The van der Waals surface area contributed by atoms with Crippen molar-refractivity contribution in [3.63, 3.8) is 0 Å². The van der Waals surface area contributed by atoms with Crippen LogP contribution in [-0.2, 0) is 4.79 Å². The number of imidazole rings is 1. The Kier molecular flexibility index (Phi) is 3.15. The fourth-order valence-corrected chi connectivity index (χ4v) is 1.83. The minimum atomic E-state index is 0.221. The summed E-state index contributed by atoms with van der Waals surface area (Å²) in [5, 5.41) is 0. The number of carbonyl (C=O) groups is 1. The van der Waals surface area contributed by atoms with Crippen LogP contribution in [-0.4, -0.2) is 16.3 Å². The average Bonchev–Trinajstić information content (AvgIpc) is 2.83. The Balaban J connectivity index is 2.42. The molecule has 0 saturated carbocycles. The lowest BCUT2D eigenvalue weighted by Crippen LogP contribution is -1.98. The average molecular weight is 214 g/mol. The maximum atomic E-state index is 10.6. The summed E-state index contributed by atoms with van der Waals surface area (Å²) in [7, 11) is 0. The molecule has 16 heavy (non-hydrogen) atoms. The Morgan fingerprint density at radius 3 is 2.94 bits per heavy atom. The van der Waals surface area contributed by atoms with Crippen LogP contribution in [0, 0.1) is 0 Å². The fraction of sp³-hybridized carbons (Fsp3) is 0.231. The van der Waals surface area contributed by atoms with E-state index in [0.29, 0.717) is 6.42 Å². The Morgan fingerprint density at radius 1 is 1.44 bits per heavy atom. The molecule has 1 aromatic carbocycles. The lowest BCUT2D eigenvalue weighted by Gasteiger charge is -2.12. The van der Waals surface area contributed by atoms with Crippen LogP contribution in [0.5, 0.6) is 0 Å². The highest BCUT2D eigenvalue weighted by molar-refractivity contribution is 5.62. The zero-order chi connectivity index (χ0) is 11.4. The van der Waals surface area contributed by atoms with Crippen molar-refractivity contribution >= 4 is 6.29 Å². The molecule has 1 aromatic heterocycles. The van der Waals surface area contributed by atoms with Crippen molar-refractivity contribution in [2.24, 2.45) is 0 Å². The minimum Gasteiger partial charge on any atom is -0.345 e. The maximum Gasteiger partial charge on any atom is 0.137 e. The van der Waals surface area contributed by atoms with E-state index in [1.54, 1.807) is 12.4 Å². The zero-order valence-electron chi connectivity index (χ0n) is 9.18. The number of hydrogen-bond acceptors (Lipinski definition) is 2. The van der Waals surface area contributed by atoms with Crippen molar-refractivity contribution in [2.45, 2.75) is 19.3 Å². The van der Waals surface area contributed by atoms with Gasteiger partial charge in [0.25, 0.3) is 0 Å². The van der Waals surface area contributed by atoms with Gasteiger partial charge in [0.2, 0.25) is 0 Å². The van der Waals surface area contributed by atoms with E-state index in [1.807, 2.05) is 24.3 Å². The van der Waals surface area contributed by atoms with Crippen LogP contribution >= 0.6 is 0 Å². The minimum absolute atomic E-state index is 0.221. The molecule has 0 radical (unpaired) electrons. The van der Waals surface area contributed by atoms with Crippen LogP contribution in [0.4, 0.5) is 0 Å². The molecule has 3 nitrogen and oxygen atoms in total. The first-order chi connectivity index (χ1) is 7.83. The van der Waals surface area contributed by atoms with Gasteiger partial charge < -0.3 is 9.78 Å². The van der Waals surface area contributed by atoms with Crippen molar-refractivity contribution in [1.29, 1.82) is 0 Å². The van der Waals surface area contributed by atoms with E-state index in [0.717, 1.165) is 23.2 Å². The summed E-state index contributed by atoms with van der Waals surface area (Å²) in [6.45, 7) is 2.05. The number of benzene rings is 1. The number of aromatic nitrogens is 2. The molecular weight excluding hydrogens is 200 g/mol. The number of nitrogens with one attached hydrogen (secondary N) is 1. The molecule has 0 saturated heterocycles. The number of H-pyrrole nitrogens is 1. The summed E-state index contributed by atoms with van der Waals surface area (Å²) < 4.78 is 0. The number of hydrogen-bond donors (Lipinski definition) is 1. The predicted molar refractivity (Wildman–Crippen MR) is 63.1 cm³/mol. The third-order valence-electron chi connectivity index (χ3n) is 2.69. The summed E-state index contributed by atoms with van der Waals surface area (Å²) in [5.41, 5.74) is 2.23. The van der Waals surface area contributed by atoms with Gasteiger partial charge in [-0.3, -0.25) is 0 Å². The molecule has 2 rings (SSSR count). The van der Waals surface area contributed by atoms with Gasteiger partial charge in [-0.05, 0) is 11.5 Å². The normalized spacial score (nSPS) is 12.3. The van der Waals surface area contributed by atoms with Crippen LogP contribution in [0.1, 0.15) is 24.8 Å². The van der Waals surface area contributed by atoms with Gasteiger partial charge >= 0.3 is 0 Å². The van der Waals surface area contributed by atoms with E-state index in [2.05, 4.69) is 16.9 Å². The molecule has 1 atom stereocenters. The van der Waals surface area contributed by atoms with Gasteiger partial charge in [-0.15, -0.1) is 0 Å². The van der Waals surface area contributed by atoms with Gasteiger partial charge in [-0.2, -0.15) is 0 Å². The summed E-state index contributed by atoms with van der Waals surface area (Å²) >= 11 is 0. The summed E-state index contributed by atoms with van der Waals surface area (Å²) in [4.78, 5) is 17.9. The molecule has 0 aliphatic carbocycles. The van der Waals surface area contributed by atoms with Gasteiger partial charge in [-0.1, -0.05) is 31.2 Å². The van der Waals surface area contributed by atoms with E-state index in [4.69, 9.17) is 0 Å². The third-order valence-corrected chi connectivity index (χ3v) is 2.69. The summed E-state index contributed by atoms with van der Waals surface area (Å²) in [6.07, 6.45) is 5.04. The molecule has 0 aliphatic rings. The van der Waals surface area contributed by atoms with E-state index in [-0.39, 0.29) is 5.92 Å². The standard InChI is InChI=1S/C13H14N2O/c1-10(6-9-16)11-4-2-3-5-12(11)13-14-7-8-15-13/h2-5,7-10H,6H2,1H3,(H,14,15). The molecule has 1 N–H and O–H groups in total. The quantitative estimate of drug-likeness (QED) is 0.795. The molecule has 1 heterocycles. The highest BCUT2D eigenvalue weighted by atomic mass is 16.1. The fourth-order valence-electron chi connectivity index (χ4n) is 1.83. The molecule has 0 bridgehead atoms. The Hall–Kier alpha value is -1.90. The second-order valence-corrected chi connectivity index (χ2v) is 3.83. The second-order valence-electron chi connectivity index (χ2n) is 3.83. The molecule has 0 aliphatic heterocycles. The lowest BCUT2D eigenvalue weighted by molar-refractivity contribution is -0.108. The highest BCUT2D eigenvalue weighted by Crippen LogP contribution is 2.28. The first kappa shape index (κ1) is 10.6. The molecule has 2 aromatic rings. The van der Waals surface area contributed by atoms with Crippen LogP contribution in [0.3, 0.4) is 0 Å². The van der Waals surface area contributed by atoms with Crippen LogP contribution in [0.25, 0.3) is 11.4 Å². The number of nitrogens with zero attached hydrogens (tertiary/aromatic N) is 1. The lowest BCUT2D eigenvalue weighted by atomic mass is 9.93. The Labute approximate surface area is 94.5 Å². The van der Waals surface area contributed by atoms with Crippen molar-refractivity contribution in [3.05, 3.63) is 42.2 Å². The van der Waals surface area contributed by atoms with Gasteiger partial charge in [0.05, 0.1) is 0 Å². The number of aldehydes is 1. The maximum absolute atomic E-state index is 10.6. The molecule has 0 fully saturated rings. The van der Waals surface area contributed by atoms with Crippen LogP contribution < -0.4 is 0 Å². The van der Waals surface area contributed by atoms with Crippen LogP contribution in [0.2, 0.25) is 0 Å². The largest absolute Gasteiger partial charge is 0.345 e. The number of carbonyl (C=O) groups excluding carboxylic acids is 1. The monoisotopic (exact) mass is 214 g/mol. The van der Waals surface area contributed by atoms with Gasteiger partial charge in [-0.25, -0.2) is 4.98 Å². The van der Waals surface area contributed by atoms with Gasteiger partial charge in [0.15, 0.2) is 0 Å². The summed E-state index contributed by atoms with van der Waals surface area (Å²) in [6, 6.07) is 8.04. The topological polar surface area (TPSA) is 45.8 Å². The molecule has 1 unspecified atom stereocenters. The first-order valence-electron chi connectivity index (χ1n) is 5.35. The third kappa shape index (κ3) is 2.03. The molecule has 82 valence electrons. The molecule has 0 amide bonds. The molecular formula is C13H14N2O. The zero-order valence-corrected chi connectivity index (χ0v) is 9.18. The van der Waals surface area contributed by atoms with Gasteiger partial charge in [0, 0.05) is 24.4 Å². The van der Waals surface area contributed by atoms with Crippen molar-refractivity contribution in [2.75, 3.05) is 0 Å². The van der Waals surface area contributed by atoms with Gasteiger partial charge in [0.1, 0.15) is 12.1 Å². The SMILES string of the molecule is CC(CC=O)c1ccccc1-c1ncc[nH]1. The van der Waals surface area contributed by atoms with Crippen molar-refractivity contribution in [3.8, 4) is 11.4 Å². The van der Waals surface area contributed by atoms with E-state index in [1.165, 1.54) is 0 Å². The second kappa shape index (κ2) is 4.75. The van der Waals surface area contributed by atoms with Crippen molar-refractivity contribution in [1.82, 2.24) is 9.97 Å². The first-order valence-corrected chi connectivity index (χ1v) is 5.35. The molecule has 0 spiro atoms. The Bertz CT molecular complexity index is 463. The van der Waals surface area contributed by atoms with E-state index >= 15 is 0 Å². The highest BCUT2D eigenvalue weighted by Gasteiger charge is 2.12.